The Morgan fingerprint density at radius 2 is 1.68 bits per heavy atom. The van der Waals surface area contributed by atoms with Crippen LogP contribution in [0, 0.1) is 20.8 Å². The van der Waals surface area contributed by atoms with Gasteiger partial charge in [-0.3, -0.25) is 9.10 Å². The van der Waals surface area contributed by atoms with Crippen LogP contribution in [0.4, 0.5) is 5.69 Å². The van der Waals surface area contributed by atoms with Crippen molar-refractivity contribution in [2.24, 2.45) is 5.10 Å². The van der Waals surface area contributed by atoms with E-state index in [1.165, 1.54) is 18.3 Å². The third kappa shape index (κ3) is 5.93. The van der Waals surface area contributed by atoms with Gasteiger partial charge < -0.3 is 4.57 Å². The van der Waals surface area contributed by atoms with Gasteiger partial charge in [-0.05, 0) is 69.3 Å². The average molecular weight is 570 g/mol. The zero-order chi connectivity index (χ0) is 27.4. The van der Waals surface area contributed by atoms with E-state index in [0.29, 0.717) is 5.02 Å². The molecule has 0 aliphatic carbocycles. The fourth-order valence-corrected chi connectivity index (χ4v) is 5.97. The highest BCUT2D eigenvalue weighted by Crippen LogP contribution is 2.30. The SMILES string of the molecule is Cc1ccc(S(=O)(=O)N(CC(=O)N/N=C\c2cc(C)n(-c3cccc(Cl)c3)c2C)c2ccccc2Cl)cc1. The number of aromatic nitrogens is 1. The molecule has 0 bridgehead atoms. The summed E-state index contributed by atoms with van der Waals surface area (Å²) in [4.78, 5) is 12.9. The summed E-state index contributed by atoms with van der Waals surface area (Å²) in [5.41, 5.74) is 7.11. The van der Waals surface area contributed by atoms with Gasteiger partial charge in [0.25, 0.3) is 15.9 Å². The van der Waals surface area contributed by atoms with Gasteiger partial charge in [0.05, 0.1) is 21.8 Å². The van der Waals surface area contributed by atoms with Gasteiger partial charge in [0.15, 0.2) is 0 Å². The molecule has 10 heteroatoms. The Morgan fingerprint density at radius 3 is 2.37 bits per heavy atom. The molecule has 0 aliphatic rings. The number of hydrogen-bond acceptors (Lipinski definition) is 4. The van der Waals surface area contributed by atoms with E-state index in [1.54, 1.807) is 36.4 Å². The number of rotatable bonds is 8. The molecule has 1 aromatic heterocycles. The van der Waals surface area contributed by atoms with Gasteiger partial charge in [0.1, 0.15) is 6.54 Å². The lowest BCUT2D eigenvalue weighted by Crippen LogP contribution is -2.39. The van der Waals surface area contributed by atoms with Crippen molar-refractivity contribution in [2.45, 2.75) is 25.7 Å². The maximum absolute atomic E-state index is 13.5. The van der Waals surface area contributed by atoms with Crippen molar-refractivity contribution in [3.8, 4) is 5.69 Å². The third-order valence-electron chi connectivity index (χ3n) is 5.95. The van der Waals surface area contributed by atoms with E-state index in [9.17, 15) is 13.2 Å². The van der Waals surface area contributed by atoms with Crippen LogP contribution in [0.1, 0.15) is 22.5 Å². The zero-order valence-corrected chi connectivity index (χ0v) is 23.3. The van der Waals surface area contributed by atoms with Crippen LogP contribution in [-0.2, 0) is 14.8 Å². The van der Waals surface area contributed by atoms with Crippen LogP contribution >= 0.6 is 23.2 Å². The van der Waals surface area contributed by atoms with Crippen LogP contribution in [0.25, 0.3) is 5.69 Å². The van der Waals surface area contributed by atoms with Crippen LogP contribution in [0.5, 0.6) is 0 Å². The zero-order valence-electron chi connectivity index (χ0n) is 21.0. The van der Waals surface area contributed by atoms with Crippen molar-refractivity contribution in [2.75, 3.05) is 10.8 Å². The van der Waals surface area contributed by atoms with Crippen molar-refractivity contribution < 1.29 is 13.2 Å². The van der Waals surface area contributed by atoms with Gasteiger partial charge in [0, 0.05) is 27.7 Å². The van der Waals surface area contributed by atoms with Crippen molar-refractivity contribution in [3.05, 3.63) is 111 Å². The molecule has 0 fully saturated rings. The quantitative estimate of drug-likeness (QED) is 0.207. The lowest BCUT2D eigenvalue weighted by atomic mass is 10.2. The fourth-order valence-electron chi connectivity index (χ4n) is 4.06. The third-order valence-corrected chi connectivity index (χ3v) is 8.28. The van der Waals surface area contributed by atoms with E-state index in [4.69, 9.17) is 23.2 Å². The highest BCUT2D eigenvalue weighted by Gasteiger charge is 2.28. The number of sulfonamides is 1. The molecule has 196 valence electrons. The summed E-state index contributed by atoms with van der Waals surface area (Å²) in [7, 11) is -4.09. The highest BCUT2D eigenvalue weighted by molar-refractivity contribution is 7.92. The molecule has 0 aliphatic heterocycles. The first-order valence-electron chi connectivity index (χ1n) is 11.7. The van der Waals surface area contributed by atoms with Gasteiger partial charge in [0.2, 0.25) is 0 Å². The Labute approximate surface area is 232 Å². The number of benzene rings is 3. The van der Waals surface area contributed by atoms with Crippen LogP contribution in [0.15, 0.2) is 88.9 Å². The van der Waals surface area contributed by atoms with E-state index in [2.05, 4.69) is 10.5 Å². The molecular formula is C28H26Cl2N4O3S. The number of carbonyl (C=O) groups excluding carboxylic acids is 1. The van der Waals surface area contributed by atoms with Crippen molar-refractivity contribution in [1.29, 1.82) is 0 Å². The molecule has 0 radical (unpaired) electrons. The molecule has 0 spiro atoms. The van der Waals surface area contributed by atoms with Gasteiger partial charge in [-0.15, -0.1) is 0 Å². The number of nitrogens with zero attached hydrogens (tertiary/aromatic N) is 3. The Hall–Kier alpha value is -3.59. The maximum atomic E-state index is 13.5. The summed E-state index contributed by atoms with van der Waals surface area (Å²) in [6.07, 6.45) is 1.52. The Bertz CT molecular complexity index is 1610. The summed E-state index contributed by atoms with van der Waals surface area (Å²) in [6.45, 7) is 5.24. The summed E-state index contributed by atoms with van der Waals surface area (Å²) in [6, 6.07) is 22.3. The number of nitrogens with one attached hydrogen (secondary N) is 1. The number of aryl methyl sites for hydroxylation is 2. The summed E-state index contributed by atoms with van der Waals surface area (Å²) in [5, 5.41) is 4.91. The molecular weight excluding hydrogens is 543 g/mol. The van der Waals surface area contributed by atoms with Gasteiger partial charge >= 0.3 is 0 Å². The van der Waals surface area contributed by atoms with Crippen LogP contribution < -0.4 is 9.73 Å². The molecule has 3 aromatic carbocycles. The standard InChI is InChI=1S/C28H26Cl2N4O3S/c1-19-11-13-25(14-12-19)38(36,37)33(27-10-5-4-9-26(27)30)18-28(35)32-31-17-22-15-20(2)34(21(22)3)24-8-6-7-23(29)16-24/h4-17H,18H2,1-3H3,(H,32,35)/b31-17-. The second kappa shape index (κ2) is 11.4. The molecule has 0 unspecified atom stereocenters. The number of carbonyl (C=O) groups is 1. The summed E-state index contributed by atoms with van der Waals surface area (Å²) >= 11 is 12.5. The average Bonchev–Trinajstić information content (AvgIpc) is 3.16. The van der Waals surface area contributed by atoms with Crippen LogP contribution in [0.3, 0.4) is 0 Å². The summed E-state index contributed by atoms with van der Waals surface area (Å²) in [5.74, 6) is -0.625. The number of halogens is 2. The number of hydrogen-bond donors (Lipinski definition) is 1. The topological polar surface area (TPSA) is 83.8 Å². The van der Waals surface area contributed by atoms with Crippen molar-refractivity contribution in [3.63, 3.8) is 0 Å². The minimum atomic E-state index is -4.09. The molecule has 0 atom stereocenters. The monoisotopic (exact) mass is 568 g/mol. The fraction of sp³-hybridized carbons (Fsp3) is 0.143. The van der Waals surface area contributed by atoms with E-state index >= 15 is 0 Å². The number of para-hydroxylation sites is 1. The summed E-state index contributed by atoms with van der Waals surface area (Å²) < 4.78 is 30.0. The predicted octanol–water partition coefficient (Wildman–Crippen LogP) is 6.05. The molecule has 0 saturated heterocycles. The molecule has 1 heterocycles. The first-order valence-corrected chi connectivity index (χ1v) is 13.9. The van der Waals surface area contributed by atoms with Gasteiger partial charge in [-0.25, -0.2) is 13.8 Å². The molecule has 0 saturated carbocycles. The van der Waals surface area contributed by atoms with E-state index in [1.807, 2.05) is 55.7 Å². The molecule has 7 nitrogen and oxygen atoms in total. The second-order valence-electron chi connectivity index (χ2n) is 8.71. The van der Waals surface area contributed by atoms with Crippen LogP contribution in [-0.4, -0.2) is 31.7 Å². The normalized spacial score (nSPS) is 11.6. The van der Waals surface area contributed by atoms with E-state index < -0.39 is 22.5 Å². The van der Waals surface area contributed by atoms with Gasteiger partial charge in [-0.2, -0.15) is 5.10 Å². The van der Waals surface area contributed by atoms with Crippen molar-refractivity contribution >= 4 is 51.0 Å². The lowest BCUT2D eigenvalue weighted by molar-refractivity contribution is -0.119. The predicted molar refractivity (Wildman–Crippen MR) is 153 cm³/mol. The highest BCUT2D eigenvalue weighted by atomic mass is 35.5. The molecule has 38 heavy (non-hydrogen) atoms. The maximum Gasteiger partial charge on any atom is 0.264 e. The number of hydrazone groups is 1. The number of amides is 1. The first-order chi connectivity index (χ1) is 18.1. The smallest absolute Gasteiger partial charge is 0.264 e. The Kier molecular flexibility index (Phi) is 8.26. The Morgan fingerprint density at radius 1 is 0.974 bits per heavy atom. The molecule has 4 rings (SSSR count). The largest absolute Gasteiger partial charge is 0.318 e. The van der Waals surface area contributed by atoms with Crippen LogP contribution in [0.2, 0.25) is 10.0 Å². The minimum Gasteiger partial charge on any atom is -0.318 e. The van der Waals surface area contributed by atoms with E-state index in [-0.39, 0.29) is 15.6 Å². The number of anilines is 1. The molecule has 1 amide bonds. The lowest BCUT2D eigenvalue weighted by Gasteiger charge is -2.24. The molecule has 1 N–H and O–H groups in total. The first kappa shape index (κ1) is 27.4. The minimum absolute atomic E-state index is 0.0489. The van der Waals surface area contributed by atoms with Crippen molar-refractivity contribution in [1.82, 2.24) is 9.99 Å². The second-order valence-corrected chi connectivity index (χ2v) is 11.4. The van der Waals surface area contributed by atoms with E-state index in [0.717, 1.165) is 32.5 Å². The van der Waals surface area contributed by atoms with Gasteiger partial charge in [-0.1, -0.05) is 59.1 Å². The Balaban J connectivity index is 1.56. The molecule has 4 aromatic rings.